The van der Waals surface area contributed by atoms with E-state index in [1.165, 1.54) is 0 Å². The molecule has 5 fully saturated rings. The van der Waals surface area contributed by atoms with E-state index in [0.717, 1.165) is 25.9 Å². The lowest BCUT2D eigenvalue weighted by molar-refractivity contribution is -0.220. The standard InChI is InChI=1S/C26H44N6O7/c1-30-8-3-15(4-9-30)28-16-5-10-32-18(33)13-26(6-11-31(2)12-7-26)29-25(38)23-22(36)21(35)20(34)17(39-23)14-27-24(37)19(16)32/h15-17,19-23,28,34-36H,3-14H2,1-2H3,(H,27,37)(H,29,38)/t16-,17+,19+,20+,21-,22-,23+/m1/s1. The lowest BCUT2D eigenvalue weighted by Gasteiger charge is -2.44. The Bertz CT molecular complexity index is 922. The van der Waals surface area contributed by atoms with E-state index in [9.17, 15) is 29.7 Å². The Balaban J connectivity index is 1.43. The summed E-state index contributed by atoms with van der Waals surface area (Å²) in [4.78, 5) is 47.0. The predicted molar refractivity (Wildman–Crippen MR) is 139 cm³/mol. The molecule has 3 amide bonds. The first-order valence-electron chi connectivity index (χ1n) is 14.3. The number of carbonyl (C=O) groups is 3. The molecular weight excluding hydrogens is 508 g/mol. The average molecular weight is 553 g/mol. The van der Waals surface area contributed by atoms with Crippen LogP contribution in [0.25, 0.3) is 0 Å². The first-order chi connectivity index (χ1) is 18.6. The van der Waals surface area contributed by atoms with Crippen molar-refractivity contribution in [1.82, 2.24) is 30.7 Å². The number of ether oxygens (including phenoxy) is 1. The van der Waals surface area contributed by atoms with E-state index in [4.69, 9.17) is 4.74 Å². The fraction of sp³-hybridized carbons (Fsp3) is 0.885. The van der Waals surface area contributed by atoms with Crippen molar-refractivity contribution >= 4 is 17.7 Å². The van der Waals surface area contributed by atoms with Crippen molar-refractivity contribution in [2.24, 2.45) is 0 Å². The summed E-state index contributed by atoms with van der Waals surface area (Å²) in [5.74, 6) is -1.20. The number of fused-ring (bicyclic) bond motifs is 3. The molecule has 39 heavy (non-hydrogen) atoms. The molecule has 13 nitrogen and oxygen atoms in total. The zero-order valence-electron chi connectivity index (χ0n) is 22.9. The van der Waals surface area contributed by atoms with Crippen LogP contribution in [0.5, 0.6) is 0 Å². The number of hydrogen-bond acceptors (Lipinski definition) is 10. The predicted octanol–water partition coefficient (Wildman–Crippen LogP) is -3.41. The molecule has 0 radical (unpaired) electrons. The van der Waals surface area contributed by atoms with Crippen LogP contribution in [0.1, 0.15) is 38.5 Å². The van der Waals surface area contributed by atoms with Gasteiger partial charge in [0.05, 0.1) is 12.0 Å². The third kappa shape index (κ3) is 5.95. The SMILES string of the molecule is CN1CCC(N[C@@H]2CCN3C(=O)CC4(CCN(C)CC4)NC(=O)[C@H]4O[C@@H](CNC(=O)[C@H]23)[C@H](O)[C@@H](O)[C@H]4O)CC1. The van der Waals surface area contributed by atoms with Crippen LogP contribution in [-0.2, 0) is 19.1 Å². The molecule has 0 unspecified atom stereocenters. The maximum atomic E-state index is 13.9. The number of likely N-dealkylation sites (tertiary alicyclic amines) is 2. The van der Waals surface area contributed by atoms with Gasteiger partial charge in [-0.1, -0.05) is 0 Å². The molecule has 0 aromatic heterocycles. The summed E-state index contributed by atoms with van der Waals surface area (Å²) in [7, 11) is 4.07. The lowest BCUT2D eigenvalue weighted by atomic mass is 9.83. The van der Waals surface area contributed by atoms with Crippen molar-refractivity contribution in [2.45, 2.75) is 92.7 Å². The van der Waals surface area contributed by atoms with Crippen LogP contribution >= 0.6 is 0 Å². The number of nitrogens with zero attached hydrogens (tertiary/aromatic N) is 3. The van der Waals surface area contributed by atoms with E-state index in [-0.39, 0.29) is 36.9 Å². The van der Waals surface area contributed by atoms with Crippen molar-refractivity contribution in [3.63, 3.8) is 0 Å². The van der Waals surface area contributed by atoms with Crippen molar-refractivity contribution < 1.29 is 34.4 Å². The van der Waals surface area contributed by atoms with E-state index in [2.05, 4.69) is 32.8 Å². The van der Waals surface area contributed by atoms with Crippen LogP contribution in [0.4, 0.5) is 0 Å². The molecule has 5 heterocycles. The topological polar surface area (TPSA) is 167 Å². The maximum absolute atomic E-state index is 13.9. The number of aliphatic hydroxyl groups is 3. The Morgan fingerprint density at radius 3 is 2.23 bits per heavy atom. The van der Waals surface area contributed by atoms with Crippen LogP contribution in [0.2, 0.25) is 0 Å². The Morgan fingerprint density at radius 2 is 1.54 bits per heavy atom. The highest BCUT2D eigenvalue weighted by atomic mass is 16.5. The molecule has 6 N–H and O–H groups in total. The van der Waals surface area contributed by atoms with Gasteiger partial charge in [0, 0.05) is 38.3 Å². The van der Waals surface area contributed by atoms with Gasteiger partial charge in [-0.05, 0) is 59.3 Å². The summed E-state index contributed by atoms with van der Waals surface area (Å²) in [6.07, 6.45) is -3.73. The molecule has 13 heteroatoms. The largest absolute Gasteiger partial charge is 0.388 e. The number of aliphatic hydroxyl groups excluding tert-OH is 3. The highest BCUT2D eigenvalue weighted by Gasteiger charge is 2.51. The molecule has 5 aliphatic rings. The van der Waals surface area contributed by atoms with E-state index in [1.54, 1.807) is 4.90 Å². The second-order valence-corrected chi connectivity index (χ2v) is 12.2. The number of rotatable bonds is 2. The molecular formula is C26H44N6O7. The van der Waals surface area contributed by atoms with Crippen molar-refractivity contribution in [2.75, 3.05) is 53.4 Å². The zero-order chi connectivity index (χ0) is 27.9. The Morgan fingerprint density at radius 1 is 0.872 bits per heavy atom. The molecule has 220 valence electrons. The Labute approximate surface area is 229 Å². The smallest absolute Gasteiger partial charge is 0.252 e. The van der Waals surface area contributed by atoms with Crippen molar-refractivity contribution in [3.05, 3.63) is 0 Å². The third-order valence-electron chi connectivity index (χ3n) is 9.43. The highest BCUT2D eigenvalue weighted by Crippen LogP contribution is 2.31. The zero-order valence-corrected chi connectivity index (χ0v) is 22.9. The number of hydrogen-bond donors (Lipinski definition) is 6. The van der Waals surface area contributed by atoms with Gasteiger partial charge in [0.1, 0.15) is 30.5 Å². The van der Waals surface area contributed by atoms with E-state index in [0.29, 0.717) is 38.9 Å². The van der Waals surface area contributed by atoms with Gasteiger partial charge in [0.15, 0.2) is 6.10 Å². The number of piperidine rings is 2. The van der Waals surface area contributed by atoms with Gasteiger partial charge in [-0.25, -0.2) is 0 Å². The van der Waals surface area contributed by atoms with Gasteiger partial charge in [-0.15, -0.1) is 0 Å². The van der Waals surface area contributed by atoms with Crippen LogP contribution < -0.4 is 16.0 Å². The average Bonchev–Trinajstić information content (AvgIpc) is 3.33. The summed E-state index contributed by atoms with van der Waals surface area (Å²) in [6.45, 7) is 3.50. The Kier molecular flexibility index (Phi) is 8.49. The minimum absolute atomic E-state index is 0.0225. The van der Waals surface area contributed by atoms with Crippen LogP contribution in [0.3, 0.4) is 0 Å². The van der Waals surface area contributed by atoms with E-state index in [1.807, 2.05) is 7.05 Å². The van der Waals surface area contributed by atoms with Crippen LogP contribution in [-0.4, -0.2) is 155 Å². The Hall–Kier alpha value is -1.87. The summed E-state index contributed by atoms with van der Waals surface area (Å²) in [6, 6.07) is -0.726. The highest BCUT2D eigenvalue weighted by molar-refractivity contribution is 5.90. The van der Waals surface area contributed by atoms with Gasteiger partial charge >= 0.3 is 0 Å². The molecule has 0 aromatic carbocycles. The number of amides is 3. The monoisotopic (exact) mass is 552 g/mol. The number of nitrogens with one attached hydrogen (secondary N) is 3. The fourth-order valence-electron chi connectivity index (χ4n) is 6.81. The molecule has 1 spiro atoms. The molecule has 0 aromatic rings. The third-order valence-corrected chi connectivity index (χ3v) is 9.43. The minimum Gasteiger partial charge on any atom is -0.388 e. The molecule has 0 saturated carbocycles. The summed E-state index contributed by atoms with van der Waals surface area (Å²) >= 11 is 0. The second kappa shape index (κ2) is 11.6. The van der Waals surface area contributed by atoms with E-state index < -0.39 is 48.0 Å². The van der Waals surface area contributed by atoms with Gasteiger partial charge in [-0.2, -0.15) is 0 Å². The second-order valence-electron chi connectivity index (χ2n) is 12.2. The van der Waals surface area contributed by atoms with Gasteiger partial charge in [0.2, 0.25) is 11.8 Å². The van der Waals surface area contributed by atoms with Crippen molar-refractivity contribution in [1.29, 1.82) is 0 Å². The molecule has 5 saturated heterocycles. The quantitative estimate of drug-likeness (QED) is 0.203. The fourth-order valence-corrected chi connectivity index (χ4v) is 6.81. The number of carbonyl (C=O) groups excluding carboxylic acids is 3. The van der Waals surface area contributed by atoms with Gasteiger partial charge in [0.25, 0.3) is 5.91 Å². The summed E-state index contributed by atoms with van der Waals surface area (Å²) < 4.78 is 5.79. The lowest BCUT2D eigenvalue weighted by Crippen LogP contribution is -2.66. The first-order valence-corrected chi connectivity index (χ1v) is 14.3. The molecule has 5 aliphatic heterocycles. The molecule has 0 aliphatic carbocycles. The first kappa shape index (κ1) is 28.7. The minimum atomic E-state index is -1.65. The molecule has 7 atom stereocenters. The van der Waals surface area contributed by atoms with Crippen LogP contribution in [0, 0.1) is 0 Å². The summed E-state index contributed by atoms with van der Waals surface area (Å²) in [5.41, 5.74) is -0.880. The van der Waals surface area contributed by atoms with Crippen molar-refractivity contribution in [3.8, 4) is 0 Å². The van der Waals surface area contributed by atoms with Gasteiger partial charge in [-0.3, -0.25) is 14.4 Å². The normalized spacial score (nSPS) is 39.4. The molecule has 5 rings (SSSR count). The van der Waals surface area contributed by atoms with Gasteiger partial charge < -0.3 is 50.7 Å². The molecule has 2 bridgehead atoms. The summed E-state index contributed by atoms with van der Waals surface area (Å²) in [5, 5.41) is 41.1. The van der Waals surface area contributed by atoms with E-state index >= 15 is 0 Å². The maximum Gasteiger partial charge on any atom is 0.252 e. The van der Waals surface area contributed by atoms with Crippen LogP contribution in [0.15, 0.2) is 0 Å².